The van der Waals surface area contributed by atoms with Crippen molar-refractivity contribution < 1.29 is 0 Å². The molecule has 2 rings (SSSR count). The third-order valence-corrected chi connectivity index (χ3v) is 6.60. The van der Waals surface area contributed by atoms with Crippen molar-refractivity contribution in [2.45, 2.75) is 117 Å². The Balaban J connectivity index is 1.86. The van der Waals surface area contributed by atoms with Gasteiger partial charge in [-0.3, -0.25) is 0 Å². The van der Waals surface area contributed by atoms with Crippen molar-refractivity contribution in [3.8, 4) is 0 Å². The topological polar surface area (TPSA) is 0 Å². The van der Waals surface area contributed by atoms with Gasteiger partial charge in [0.25, 0.3) is 0 Å². The molecular weight excluding hydrogens is 300 g/mol. The van der Waals surface area contributed by atoms with Crippen molar-refractivity contribution in [3.63, 3.8) is 0 Å². The molecule has 1 aliphatic carbocycles. The maximum absolute atomic E-state index is 2.52. The second-order valence-electron chi connectivity index (χ2n) is 8.73. The zero-order chi connectivity index (χ0) is 18.1. The van der Waals surface area contributed by atoms with Crippen LogP contribution in [0.25, 0.3) is 0 Å². The maximum Gasteiger partial charge on any atom is -0.0162 e. The molecule has 1 aliphatic rings. The SMILES string of the molecule is CCCCCC1CCC(c2ccc(C(C)CCCCC)c(C)c2)CC1. The van der Waals surface area contributed by atoms with Crippen LogP contribution in [-0.4, -0.2) is 0 Å². The van der Waals surface area contributed by atoms with Crippen LogP contribution in [0.15, 0.2) is 18.2 Å². The van der Waals surface area contributed by atoms with Crippen LogP contribution in [0.4, 0.5) is 0 Å². The molecule has 142 valence electrons. The van der Waals surface area contributed by atoms with Gasteiger partial charge in [-0.05, 0) is 73.5 Å². The van der Waals surface area contributed by atoms with Gasteiger partial charge < -0.3 is 0 Å². The monoisotopic (exact) mass is 342 g/mol. The van der Waals surface area contributed by atoms with Gasteiger partial charge in [-0.25, -0.2) is 0 Å². The fourth-order valence-electron chi connectivity index (χ4n) is 4.83. The first-order valence-electron chi connectivity index (χ1n) is 11.3. The molecule has 0 heteroatoms. The Labute approximate surface area is 157 Å². The molecular formula is C25H42. The summed E-state index contributed by atoms with van der Waals surface area (Å²) < 4.78 is 0. The van der Waals surface area contributed by atoms with Crippen LogP contribution < -0.4 is 0 Å². The smallest absolute Gasteiger partial charge is 0.0162 e. The van der Waals surface area contributed by atoms with E-state index in [1.54, 1.807) is 11.1 Å². The second kappa shape index (κ2) is 11.0. The standard InChI is InChI=1S/C25H42/c1-5-7-9-11-20(3)25-18-17-24(19-21(25)4)23-15-13-22(14-16-23)12-10-8-6-2/h17-20,22-23H,5-16H2,1-4H3. The highest BCUT2D eigenvalue weighted by molar-refractivity contribution is 5.35. The summed E-state index contributed by atoms with van der Waals surface area (Å²) in [5.41, 5.74) is 4.74. The van der Waals surface area contributed by atoms with Gasteiger partial charge >= 0.3 is 0 Å². The Morgan fingerprint density at radius 3 is 2.24 bits per heavy atom. The quantitative estimate of drug-likeness (QED) is 0.374. The summed E-state index contributed by atoms with van der Waals surface area (Å²) in [6.45, 7) is 9.36. The molecule has 0 saturated heterocycles. The van der Waals surface area contributed by atoms with E-state index < -0.39 is 0 Å². The molecule has 0 N–H and O–H groups in total. The summed E-state index contributed by atoms with van der Waals surface area (Å²) in [5.74, 6) is 2.56. The van der Waals surface area contributed by atoms with Crippen LogP contribution in [0.5, 0.6) is 0 Å². The zero-order valence-corrected chi connectivity index (χ0v) is 17.4. The summed E-state index contributed by atoms with van der Waals surface area (Å²) in [6.07, 6.45) is 16.9. The average molecular weight is 343 g/mol. The Morgan fingerprint density at radius 2 is 1.60 bits per heavy atom. The Kier molecular flexibility index (Phi) is 9.07. The Morgan fingerprint density at radius 1 is 0.920 bits per heavy atom. The molecule has 1 saturated carbocycles. The molecule has 1 unspecified atom stereocenters. The maximum atomic E-state index is 2.52. The van der Waals surface area contributed by atoms with E-state index in [4.69, 9.17) is 0 Å². The molecule has 0 bridgehead atoms. The van der Waals surface area contributed by atoms with Gasteiger partial charge in [0.2, 0.25) is 0 Å². The Hall–Kier alpha value is -0.780. The fraction of sp³-hybridized carbons (Fsp3) is 0.760. The summed E-state index contributed by atoms with van der Waals surface area (Å²) in [6, 6.07) is 7.43. The highest BCUT2D eigenvalue weighted by Crippen LogP contribution is 2.38. The van der Waals surface area contributed by atoms with E-state index in [-0.39, 0.29) is 0 Å². The van der Waals surface area contributed by atoms with Crippen molar-refractivity contribution in [2.24, 2.45) is 5.92 Å². The molecule has 1 fully saturated rings. The number of unbranched alkanes of at least 4 members (excludes halogenated alkanes) is 4. The number of hydrogen-bond donors (Lipinski definition) is 0. The lowest BCUT2D eigenvalue weighted by molar-refractivity contribution is 0.302. The van der Waals surface area contributed by atoms with Crippen molar-refractivity contribution >= 4 is 0 Å². The third kappa shape index (κ3) is 6.46. The van der Waals surface area contributed by atoms with E-state index in [1.807, 2.05) is 0 Å². The van der Waals surface area contributed by atoms with Gasteiger partial charge in [0, 0.05) is 0 Å². The van der Waals surface area contributed by atoms with Crippen molar-refractivity contribution in [1.82, 2.24) is 0 Å². The van der Waals surface area contributed by atoms with Gasteiger partial charge in [-0.15, -0.1) is 0 Å². The van der Waals surface area contributed by atoms with Gasteiger partial charge in [0.15, 0.2) is 0 Å². The molecule has 0 spiro atoms. The van der Waals surface area contributed by atoms with Gasteiger partial charge in [0.05, 0.1) is 0 Å². The molecule has 0 aromatic heterocycles. The minimum atomic E-state index is 0.718. The number of rotatable bonds is 10. The molecule has 0 aliphatic heterocycles. The number of hydrogen-bond acceptors (Lipinski definition) is 0. The van der Waals surface area contributed by atoms with E-state index in [1.165, 1.54) is 82.6 Å². The van der Waals surface area contributed by atoms with E-state index in [9.17, 15) is 0 Å². The average Bonchev–Trinajstić information content (AvgIpc) is 2.62. The van der Waals surface area contributed by atoms with E-state index in [2.05, 4.69) is 45.9 Å². The molecule has 1 aromatic rings. The summed E-state index contributed by atoms with van der Waals surface area (Å²) in [4.78, 5) is 0. The van der Waals surface area contributed by atoms with Crippen LogP contribution in [0.3, 0.4) is 0 Å². The summed E-state index contributed by atoms with van der Waals surface area (Å²) >= 11 is 0. The van der Waals surface area contributed by atoms with E-state index in [0.29, 0.717) is 0 Å². The van der Waals surface area contributed by atoms with Crippen LogP contribution in [-0.2, 0) is 0 Å². The number of aryl methyl sites for hydroxylation is 1. The van der Waals surface area contributed by atoms with Crippen LogP contribution in [0.2, 0.25) is 0 Å². The molecule has 0 heterocycles. The minimum Gasteiger partial charge on any atom is -0.0654 e. The fourth-order valence-corrected chi connectivity index (χ4v) is 4.83. The van der Waals surface area contributed by atoms with Gasteiger partial charge in [-0.1, -0.05) is 83.9 Å². The summed E-state index contributed by atoms with van der Waals surface area (Å²) in [5, 5.41) is 0. The van der Waals surface area contributed by atoms with Crippen LogP contribution >= 0.6 is 0 Å². The lowest BCUT2D eigenvalue weighted by Gasteiger charge is -2.29. The van der Waals surface area contributed by atoms with Crippen molar-refractivity contribution in [1.29, 1.82) is 0 Å². The highest BCUT2D eigenvalue weighted by Gasteiger charge is 2.22. The highest BCUT2D eigenvalue weighted by atomic mass is 14.3. The van der Waals surface area contributed by atoms with E-state index in [0.717, 1.165) is 17.8 Å². The molecule has 25 heavy (non-hydrogen) atoms. The van der Waals surface area contributed by atoms with E-state index >= 15 is 0 Å². The van der Waals surface area contributed by atoms with Crippen LogP contribution in [0.1, 0.15) is 126 Å². The Bertz CT molecular complexity index is 479. The normalized spacial score (nSPS) is 22.1. The second-order valence-corrected chi connectivity index (χ2v) is 8.73. The first-order valence-corrected chi connectivity index (χ1v) is 11.3. The first kappa shape index (κ1) is 20.5. The van der Waals surface area contributed by atoms with Crippen molar-refractivity contribution in [2.75, 3.05) is 0 Å². The van der Waals surface area contributed by atoms with Crippen LogP contribution in [0, 0.1) is 12.8 Å². The molecule has 0 amide bonds. The number of benzene rings is 1. The lowest BCUT2D eigenvalue weighted by atomic mass is 9.76. The molecule has 0 radical (unpaired) electrons. The first-order chi connectivity index (χ1) is 12.2. The van der Waals surface area contributed by atoms with Gasteiger partial charge in [0.1, 0.15) is 0 Å². The minimum absolute atomic E-state index is 0.718. The summed E-state index contributed by atoms with van der Waals surface area (Å²) in [7, 11) is 0. The van der Waals surface area contributed by atoms with Crippen molar-refractivity contribution in [3.05, 3.63) is 34.9 Å². The largest absolute Gasteiger partial charge is 0.0654 e. The third-order valence-electron chi connectivity index (χ3n) is 6.60. The predicted molar refractivity (Wildman–Crippen MR) is 113 cm³/mol. The molecule has 1 aromatic carbocycles. The molecule has 1 atom stereocenters. The van der Waals surface area contributed by atoms with Gasteiger partial charge in [-0.2, -0.15) is 0 Å². The lowest BCUT2D eigenvalue weighted by Crippen LogP contribution is -2.13. The zero-order valence-electron chi connectivity index (χ0n) is 17.4. The molecule has 0 nitrogen and oxygen atoms in total. The predicted octanol–water partition coefficient (Wildman–Crippen LogP) is 8.53.